The second kappa shape index (κ2) is 10.5. The van der Waals surface area contributed by atoms with Crippen molar-refractivity contribution in [2.75, 3.05) is 31.7 Å². The molecular weight excluding hydrogens is 382 g/mol. The summed E-state index contributed by atoms with van der Waals surface area (Å²) in [4.78, 5) is 25.5. The van der Waals surface area contributed by atoms with E-state index in [1.165, 1.54) is 56.7 Å². The molecule has 0 radical (unpaired) electrons. The molecule has 1 aliphatic rings. The fraction of sp³-hybridized carbons (Fsp3) is 0.333. The van der Waals surface area contributed by atoms with E-state index in [1.54, 1.807) is 12.1 Å². The van der Waals surface area contributed by atoms with Crippen molar-refractivity contribution in [1.82, 2.24) is 0 Å². The highest BCUT2D eigenvalue weighted by Gasteiger charge is 2.11. The Morgan fingerprint density at radius 2 is 1.70 bits per heavy atom. The number of ketones is 1. The van der Waals surface area contributed by atoms with Crippen LogP contribution in [0.2, 0.25) is 0 Å². The number of hydrogen-bond acceptors (Lipinski definition) is 6. The molecule has 2 aromatic carbocycles. The van der Waals surface area contributed by atoms with Crippen molar-refractivity contribution in [1.29, 1.82) is 0 Å². The van der Waals surface area contributed by atoms with E-state index in [2.05, 4.69) is 17.0 Å². The van der Waals surface area contributed by atoms with Crippen LogP contribution in [0.25, 0.3) is 6.08 Å². The third-order valence-electron chi connectivity index (χ3n) is 5.09. The molecule has 1 fully saturated rings. The molecule has 0 spiro atoms. The van der Waals surface area contributed by atoms with Gasteiger partial charge in [0.1, 0.15) is 6.61 Å². The van der Waals surface area contributed by atoms with Crippen LogP contribution in [0.3, 0.4) is 0 Å². The van der Waals surface area contributed by atoms with E-state index >= 15 is 0 Å². The van der Waals surface area contributed by atoms with Gasteiger partial charge in [-0.15, -0.1) is 0 Å². The molecule has 30 heavy (non-hydrogen) atoms. The van der Waals surface area contributed by atoms with E-state index in [1.807, 2.05) is 12.1 Å². The SMILES string of the molecule is COc1cc(C(=O)/C=C/c2ccc(N3CCCCCC3)cc2)ccc1OCC(=O)[O-]. The number of carbonyl (C=O) groups is 2. The monoisotopic (exact) mass is 408 g/mol. The topological polar surface area (TPSA) is 78.9 Å². The van der Waals surface area contributed by atoms with Crippen LogP contribution in [0.1, 0.15) is 41.6 Å². The van der Waals surface area contributed by atoms with Crippen LogP contribution in [0.5, 0.6) is 11.5 Å². The third-order valence-corrected chi connectivity index (χ3v) is 5.09. The summed E-state index contributed by atoms with van der Waals surface area (Å²) >= 11 is 0. The second-order valence-electron chi connectivity index (χ2n) is 7.22. The lowest BCUT2D eigenvalue weighted by atomic mass is 10.1. The quantitative estimate of drug-likeness (QED) is 0.493. The number of benzene rings is 2. The summed E-state index contributed by atoms with van der Waals surface area (Å²) in [6, 6.07) is 12.8. The maximum atomic E-state index is 12.5. The highest BCUT2D eigenvalue weighted by Crippen LogP contribution is 2.28. The molecule has 0 bridgehead atoms. The Hall–Kier alpha value is -3.28. The van der Waals surface area contributed by atoms with E-state index in [-0.39, 0.29) is 17.3 Å². The second-order valence-corrected chi connectivity index (χ2v) is 7.22. The number of carboxylic acid groups (broad SMARTS) is 1. The first-order valence-electron chi connectivity index (χ1n) is 10.1. The molecule has 3 rings (SSSR count). The highest BCUT2D eigenvalue weighted by molar-refractivity contribution is 6.07. The lowest BCUT2D eigenvalue weighted by Gasteiger charge is -2.22. The number of nitrogens with zero attached hydrogens (tertiary/aromatic N) is 1. The number of anilines is 1. The van der Waals surface area contributed by atoms with Crippen molar-refractivity contribution in [2.45, 2.75) is 25.7 Å². The average Bonchev–Trinajstić information content (AvgIpc) is 3.06. The standard InChI is InChI=1S/C24H27NO5/c1-29-23-16-19(9-13-22(23)30-17-24(27)28)21(26)12-8-18-6-10-20(11-7-18)25-14-4-2-3-5-15-25/h6-13,16H,2-5,14-15,17H2,1H3,(H,27,28)/p-1/b12-8+. The number of hydrogen-bond donors (Lipinski definition) is 0. The van der Waals surface area contributed by atoms with Crippen molar-refractivity contribution in [3.63, 3.8) is 0 Å². The maximum absolute atomic E-state index is 12.5. The molecule has 0 amide bonds. The molecule has 0 unspecified atom stereocenters. The van der Waals surface area contributed by atoms with Gasteiger partial charge in [0, 0.05) is 24.3 Å². The van der Waals surface area contributed by atoms with Crippen LogP contribution in [-0.2, 0) is 4.79 Å². The first-order valence-corrected chi connectivity index (χ1v) is 10.1. The summed E-state index contributed by atoms with van der Waals surface area (Å²) in [7, 11) is 1.43. The summed E-state index contributed by atoms with van der Waals surface area (Å²) in [6.45, 7) is 1.60. The van der Waals surface area contributed by atoms with E-state index in [0.717, 1.165) is 18.7 Å². The van der Waals surface area contributed by atoms with Crippen LogP contribution in [0.15, 0.2) is 48.5 Å². The fourth-order valence-electron chi connectivity index (χ4n) is 3.47. The minimum Gasteiger partial charge on any atom is -0.546 e. The first-order chi connectivity index (χ1) is 14.6. The van der Waals surface area contributed by atoms with Crippen LogP contribution in [0.4, 0.5) is 5.69 Å². The molecule has 1 heterocycles. The molecule has 1 aliphatic heterocycles. The van der Waals surface area contributed by atoms with Gasteiger partial charge in [0.25, 0.3) is 0 Å². The predicted octanol–water partition coefficient (Wildman–Crippen LogP) is 3.10. The molecule has 6 nitrogen and oxygen atoms in total. The maximum Gasteiger partial charge on any atom is 0.185 e. The van der Waals surface area contributed by atoms with Gasteiger partial charge in [0.2, 0.25) is 0 Å². The molecule has 6 heteroatoms. The van der Waals surface area contributed by atoms with Gasteiger partial charge in [-0.2, -0.15) is 0 Å². The van der Waals surface area contributed by atoms with E-state index in [0.29, 0.717) is 5.56 Å². The van der Waals surface area contributed by atoms with Crippen LogP contribution < -0.4 is 19.5 Å². The van der Waals surface area contributed by atoms with Crippen molar-refractivity contribution in [3.05, 3.63) is 59.7 Å². The molecular formula is C24H26NO5-. The molecule has 0 atom stereocenters. The summed E-state index contributed by atoms with van der Waals surface area (Å²) in [6.07, 6.45) is 8.36. The van der Waals surface area contributed by atoms with Gasteiger partial charge in [-0.25, -0.2) is 0 Å². The number of carboxylic acids is 1. The minimum atomic E-state index is -1.33. The number of rotatable bonds is 8. The molecule has 0 aliphatic carbocycles. The van der Waals surface area contributed by atoms with E-state index < -0.39 is 12.6 Å². The number of carbonyl (C=O) groups excluding carboxylic acids is 2. The summed E-state index contributed by atoms with van der Waals surface area (Å²) < 4.78 is 10.3. The van der Waals surface area contributed by atoms with E-state index in [9.17, 15) is 14.7 Å². The summed E-state index contributed by atoms with van der Waals surface area (Å²) in [5, 5.41) is 10.6. The number of allylic oxidation sites excluding steroid dienone is 1. The van der Waals surface area contributed by atoms with Crippen LogP contribution >= 0.6 is 0 Å². The molecule has 0 aromatic heterocycles. The van der Waals surface area contributed by atoms with Gasteiger partial charge >= 0.3 is 0 Å². The zero-order valence-corrected chi connectivity index (χ0v) is 17.1. The van der Waals surface area contributed by atoms with Crippen molar-refractivity contribution in [2.24, 2.45) is 0 Å². The van der Waals surface area contributed by atoms with Crippen molar-refractivity contribution in [3.8, 4) is 11.5 Å². The van der Waals surface area contributed by atoms with Gasteiger partial charge in [0.05, 0.1) is 13.1 Å². The lowest BCUT2D eigenvalue weighted by molar-refractivity contribution is -0.307. The number of aliphatic carboxylic acids is 1. The Balaban J connectivity index is 1.65. The summed E-state index contributed by atoms with van der Waals surface area (Å²) in [5.74, 6) is -0.984. The number of ether oxygens (including phenoxy) is 2. The molecule has 158 valence electrons. The Morgan fingerprint density at radius 3 is 2.33 bits per heavy atom. The van der Waals surface area contributed by atoms with Crippen LogP contribution in [-0.4, -0.2) is 38.6 Å². The molecule has 1 saturated heterocycles. The third kappa shape index (κ3) is 5.86. The largest absolute Gasteiger partial charge is 0.546 e. The number of methoxy groups -OCH3 is 1. The smallest absolute Gasteiger partial charge is 0.185 e. The van der Waals surface area contributed by atoms with Crippen molar-refractivity contribution >= 4 is 23.5 Å². The Bertz CT molecular complexity index is 896. The average molecular weight is 408 g/mol. The zero-order chi connectivity index (χ0) is 21.3. The summed E-state index contributed by atoms with van der Waals surface area (Å²) in [5.41, 5.74) is 2.59. The Kier molecular flexibility index (Phi) is 7.49. The van der Waals surface area contributed by atoms with Crippen LogP contribution in [0, 0.1) is 0 Å². The fourth-order valence-corrected chi connectivity index (χ4v) is 3.47. The first kappa shape index (κ1) is 21.4. The Morgan fingerprint density at radius 1 is 1.00 bits per heavy atom. The Labute approximate surface area is 176 Å². The minimum absolute atomic E-state index is 0.184. The van der Waals surface area contributed by atoms with Gasteiger partial charge in [0.15, 0.2) is 17.3 Å². The molecule has 0 saturated carbocycles. The van der Waals surface area contributed by atoms with Gasteiger partial charge < -0.3 is 24.3 Å². The zero-order valence-electron chi connectivity index (χ0n) is 17.1. The highest BCUT2D eigenvalue weighted by atomic mass is 16.5. The predicted molar refractivity (Wildman–Crippen MR) is 114 cm³/mol. The lowest BCUT2D eigenvalue weighted by Crippen LogP contribution is -2.29. The van der Waals surface area contributed by atoms with Gasteiger partial charge in [-0.05, 0) is 54.8 Å². The normalized spacial score (nSPS) is 14.4. The van der Waals surface area contributed by atoms with E-state index in [4.69, 9.17) is 9.47 Å². The van der Waals surface area contributed by atoms with Gasteiger partial charge in [-0.1, -0.05) is 31.1 Å². The van der Waals surface area contributed by atoms with Crippen molar-refractivity contribution < 1.29 is 24.2 Å². The molecule has 2 aromatic rings. The van der Waals surface area contributed by atoms with Gasteiger partial charge in [-0.3, -0.25) is 4.79 Å². The molecule has 0 N–H and O–H groups in total.